The van der Waals surface area contributed by atoms with Gasteiger partial charge in [-0.25, -0.2) is 4.79 Å². The van der Waals surface area contributed by atoms with Crippen molar-refractivity contribution < 1.29 is 23.8 Å². The number of rotatable bonds is 8. The highest BCUT2D eigenvalue weighted by molar-refractivity contribution is 7.99. The summed E-state index contributed by atoms with van der Waals surface area (Å²) in [5.74, 6) is 0.179. The van der Waals surface area contributed by atoms with E-state index in [9.17, 15) is 4.79 Å². The normalized spacial score (nSPS) is 10.2. The highest BCUT2D eigenvalue weighted by Gasteiger charge is 2.21. The first kappa shape index (κ1) is 19.5. The number of carbonyl (C=O) groups is 1. The number of ether oxygens (including phenoxy) is 3. The molecule has 8 nitrogen and oxygen atoms in total. The van der Waals surface area contributed by atoms with E-state index in [0.717, 1.165) is 0 Å². The molecule has 0 aliphatic rings. The number of methoxy groups -OCH3 is 3. The van der Waals surface area contributed by atoms with Crippen molar-refractivity contribution in [2.45, 2.75) is 10.1 Å². The van der Waals surface area contributed by atoms with Crippen molar-refractivity contribution >= 4 is 23.4 Å². The number of carbonyl (C=O) groups excluding carboxylic acids is 1. The molecular weight excluding hydrogens is 358 g/mol. The Kier molecular flexibility index (Phi) is 6.81. The van der Waals surface area contributed by atoms with E-state index < -0.39 is 5.97 Å². The number of hydrogen-bond acceptors (Lipinski definition) is 9. The zero-order valence-corrected chi connectivity index (χ0v) is 15.7. The van der Waals surface area contributed by atoms with Crippen LogP contribution in [-0.2, 0) is 9.57 Å². The van der Waals surface area contributed by atoms with Crippen LogP contribution in [0.4, 0.5) is 0 Å². The van der Waals surface area contributed by atoms with Crippen molar-refractivity contribution in [1.82, 2.24) is 15.4 Å². The third-order valence-electron chi connectivity index (χ3n) is 3.24. The minimum absolute atomic E-state index is 0.319. The lowest BCUT2D eigenvalue weighted by Gasteiger charge is -2.14. The molecule has 0 amide bonds. The van der Waals surface area contributed by atoms with Crippen molar-refractivity contribution in [1.29, 1.82) is 0 Å². The molecule has 1 N–H and O–H groups in total. The molecule has 0 aliphatic carbocycles. The summed E-state index contributed by atoms with van der Waals surface area (Å²) in [4.78, 5) is 26.4. The lowest BCUT2D eigenvalue weighted by Crippen LogP contribution is -2.14. The van der Waals surface area contributed by atoms with Crippen LogP contribution in [0, 0.1) is 0 Å². The van der Waals surface area contributed by atoms with Crippen molar-refractivity contribution in [3.63, 3.8) is 0 Å². The SMILES string of the molecule is C=C(NOC)c1cccc(Sc2nc(OC)cc(OC)n2)c1C(=O)OC. The first-order valence-corrected chi connectivity index (χ1v) is 8.20. The van der Waals surface area contributed by atoms with E-state index in [4.69, 9.17) is 19.0 Å². The Bertz CT molecular complexity index is 791. The minimum Gasteiger partial charge on any atom is -0.481 e. The first-order valence-electron chi connectivity index (χ1n) is 7.38. The van der Waals surface area contributed by atoms with Crippen LogP contribution in [0.3, 0.4) is 0 Å². The van der Waals surface area contributed by atoms with Crippen LogP contribution < -0.4 is 15.0 Å². The van der Waals surface area contributed by atoms with E-state index in [0.29, 0.717) is 38.6 Å². The predicted molar refractivity (Wildman–Crippen MR) is 96.2 cm³/mol. The molecule has 2 rings (SSSR count). The third-order valence-corrected chi connectivity index (χ3v) is 4.17. The van der Waals surface area contributed by atoms with E-state index in [2.05, 4.69) is 22.0 Å². The maximum Gasteiger partial charge on any atom is 0.339 e. The van der Waals surface area contributed by atoms with Crippen LogP contribution >= 0.6 is 11.8 Å². The molecule has 1 heterocycles. The number of nitrogens with one attached hydrogen (secondary N) is 1. The van der Waals surface area contributed by atoms with E-state index >= 15 is 0 Å². The lowest BCUT2D eigenvalue weighted by atomic mass is 10.1. The van der Waals surface area contributed by atoms with Gasteiger partial charge >= 0.3 is 5.97 Å². The fourth-order valence-electron chi connectivity index (χ4n) is 2.10. The second-order valence-corrected chi connectivity index (χ2v) is 5.80. The van der Waals surface area contributed by atoms with E-state index in [1.165, 1.54) is 40.2 Å². The van der Waals surface area contributed by atoms with Crippen molar-refractivity contribution in [3.8, 4) is 11.8 Å². The highest BCUT2D eigenvalue weighted by atomic mass is 32.2. The van der Waals surface area contributed by atoms with Crippen LogP contribution in [-0.4, -0.2) is 44.4 Å². The first-order chi connectivity index (χ1) is 12.5. The molecule has 1 aromatic carbocycles. The Balaban J connectivity index is 2.51. The minimum atomic E-state index is -0.517. The summed E-state index contributed by atoms with van der Waals surface area (Å²) >= 11 is 1.17. The topological polar surface area (TPSA) is 91.8 Å². The maximum absolute atomic E-state index is 12.4. The summed E-state index contributed by atoms with van der Waals surface area (Å²) in [6.45, 7) is 3.87. The molecule has 0 aliphatic heterocycles. The van der Waals surface area contributed by atoms with Gasteiger partial charge in [-0.05, 0) is 17.8 Å². The van der Waals surface area contributed by atoms with Gasteiger partial charge in [-0.15, -0.1) is 0 Å². The van der Waals surface area contributed by atoms with Crippen LogP contribution in [0.2, 0.25) is 0 Å². The van der Waals surface area contributed by atoms with Gasteiger partial charge in [0.15, 0.2) is 5.16 Å². The fourth-order valence-corrected chi connectivity index (χ4v) is 3.01. The molecule has 0 spiro atoms. The third kappa shape index (κ3) is 4.44. The molecule has 2 aromatic rings. The predicted octanol–water partition coefficient (Wildman–Crippen LogP) is 2.55. The Labute approximate surface area is 155 Å². The summed E-state index contributed by atoms with van der Waals surface area (Å²) in [6.07, 6.45) is 0. The van der Waals surface area contributed by atoms with Gasteiger partial charge in [-0.2, -0.15) is 9.97 Å². The molecule has 138 valence electrons. The standard InChI is InChI=1S/C17H19N3O5S/c1-10(20-25-5)11-7-6-8-12(15(11)16(21)24-4)26-17-18-13(22-2)9-14(19-17)23-3/h6-9,20H,1H2,2-5H3. The van der Waals surface area contributed by atoms with Crippen LogP contribution in [0.15, 0.2) is 40.9 Å². The highest BCUT2D eigenvalue weighted by Crippen LogP contribution is 2.34. The van der Waals surface area contributed by atoms with E-state index in [1.807, 2.05) is 0 Å². The summed E-state index contributed by atoms with van der Waals surface area (Å²) in [7, 11) is 5.76. The summed E-state index contributed by atoms with van der Waals surface area (Å²) in [5, 5.41) is 0.355. The van der Waals surface area contributed by atoms with Gasteiger partial charge in [0.1, 0.15) is 0 Å². The molecular formula is C17H19N3O5S. The molecule has 26 heavy (non-hydrogen) atoms. The zero-order valence-electron chi connectivity index (χ0n) is 14.9. The van der Waals surface area contributed by atoms with E-state index in [-0.39, 0.29) is 0 Å². The Morgan fingerprint density at radius 1 is 1.12 bits per heavy atom. The van der Waals surface area contributed by atoms with Gasteiger partial charge < -0.3 is 14.2 Å². The summed E-state index contributed by atoms with van der Waals surface area (Å²) < 4.78 is 15.2. The van der Waals surface area contributed by atoms with Crippen LogP contribution in [0.1, 0.15) is 15.9 Å². The molecule has 0 radical (unpaired) electrons. The number of hydroxylamine groups is 1. The van der Waals surface area contributed by atoms with Gasteiger partial charge in [0.05, 0.1) is 45.8 Å². The van der Waals surface area contributed by atoms with Crippen molar-refractivity contribution in [3.05, 3.63) is 42.0 Å². The maximum atomic E-state index is 12.4. The average molecular weight is 377 g/mol. The van der Waals surface area contributed by atoms with Crippen molar-refractivity contribution in [2.75, 3.05) is 28.4 Å². The monoisotopic (exact) mass is 377 g/mol. The quantitative estimate of drug-likeness (QED) is 0.423. The van der Waals surface area contributed by atoms with Gasteiger partial charge in [0, 0.05) is 10.5 Å². The largest absolute Gasteiger partial charge is 0.481 e. The van der Waals surface area contributed by atoms with Crippen molar-refractivity contribution in [2.24, 2.45) is 0 Å². The molecule has 0 bridgehead atoms. The fraction of sp³-hybridized carbons (Fsp3) is 0.235. The van der Waals surface area contributed by atoms with E-state index in [1.54, 1.807) is 24.3 Å². The Morgan fingerprint density at radius 3 is 2.31 bits per heavy atom. The molecule has 9 heteroatoms. The number of esters is 1. The molecule has 0 saturated heterocycles. The van der Waals surface area contributed by atoms with Gasteiger partial charge in [-0.3, -0.25) is 10.3 Å². The number of nitrogens with zero attached hydrogens (tertiary/aromatic N) is 2. The molecule has 0 unspecified atom stereocenters. The van der Waals surface area contributed by atoms with Gasteiger partial charge in [0.25, 0.3) is 0 Å². The van der Waals surface area contributed by atoms with Gasteiger partial charge in [-0.1, -0.05) is 18.7 Å². The molecule has 1 aromatic heterocycles. The Morgan fingerprint density at radius 2 is 1.77 bits per heavy atom. The Hall–Kier alpha value is -2.78. The molecule has 0 saturated carbocycles. The zero-order chi connectivity index (χ0) is 19.1. The molecule has 0 fully saturated rings. The molecule has 0 atom stereocenters. The van der Waals surface area contributed by atoms with Crippen LogP contribution in [0.25, 0.3) is 5.70 Å². The summed E-state index contributed by atoms with van der Waals surface area (Å²) in [5.41, 5.74) is 3.90. The number of hydrogen-bond donors (Lipinski definition) is 1. The van der Waals surface area contributed by atoms with Crippen LogP contribution in [0.5, 0.6) is 11.8 Å². The number of aromatic nitrogens is 2. The lowest BCUT2D eigenvalue weighted by molar-refractivity contribution is 0.0596. The van der Waals surface area contributed by atoms with Gasteiger partial charge in [0.2, 0.25) is 11.8 Å². The second kappa shape index (κ2) is 9.07. The second-order valence-electron chi connectivity index (χ2n) is 4.79. The summed E-state index contributed by atoms with van der Waals surface area (Å²) in [6, 6.07) is 6.84. The smallest absolute Gasteiger partial charge is 0.339 e. The average Bonchev–Trinajstić information content (AvgIpc) is 2.67. The number of benzene rings is 1.